The van der Waals surface area contributed by atoms with E-state index in [9.17, 15) is 4.79 Å². The molecule has 0 saturated carbocycles. The van der Waals surface area contributed by atoms with Crippen molar-refractivity contribution in [2.75, 3.05) is 12.1 Å². The van der Waals surface area contributed by atoms with Crippen molar-refractivity contribution < 1.29 is 14.3 Å². The summed E-state index contributed by atoms with van der Waals surface area (Å²) in [4.78, 5) is 16.5. The van der Waals surface area contributed by atoms with Crippen LogP contribution in [0.25, 0.3) is 5.69 Å². The number of benzene rings is 2. The normalized spacial score (nSPS) is 12.2. The number of carbonyl (C=O) groups excluding carboxylic acids is 1. The van der Waals surface area contributed by atoms with Gasteiger partial charge in [0.2, 0.25) is 6.79 Å². The van der Waals surface area contributed by atoms with E-state index in [-0.39, 0.29) is 12.7 Å². The Kier molecular flexibility index (Phi) is 3.55. The highest BCUT2D eigenvalue weighted by atomic mass is 35.5. The molecule has 0 unspecified atom stereocenters. The van der Waals surface area contributed by atoms with Gasteiger partial charge >= 0.3 is 0 Å². The highest BCUT2D eigenvalue weighted by Gasteiger charge is 2.21. The molecule has 0 spiro atoms. The van der Waals surface area contributed by atoms with Gasteiger partial charge in [0.05, 0.1) is 16.4 Å². The number of rotatable bonds is 3. The molecule has 8 heteroatoms. The van der Waals surface area contributed by atoms with E-state index < -0.39 is 0 Å². The number of carbonyl (C=O) groups is 1. The third-order valence-corrected chi connectivity index (χ3v) is 3.79. The third-order valence-electron chi connectivity index (χ3n) is 3.51. The van der Waals surface area contributed by atoms with Gasteiger partial charge in [-0.1, -0.05) is 23.7 Å². The van der Waals surface area contributed by atoms with Gasteiger partial charge in [-0.15, -0.1) is 0 Å². The molecule has 0 saturated heterocycles. The first kappa shape index (κ1) is 14.5. The molecule has 1 aromatic heterocycles. The monoisotopic (exact) mass is 342 g/mol. The Bertz CT molecular complexity index is 912. The molecule has 0 aliphatic carbocycles. The molecular formula is C16H11ClN4O3. The summed E-state index contributed by atoms with van der Waals surface area (Å²) in [5.41, 5.74) is 1.68. The zero-order valence-corrected chi connectivity index (χ0v) is 13.0. The summed E-state index contributed by atoms with van der Waals surface area (Å²) in [6.07, 6.45) is 2.98. The van der Waals surface area contributed by atoms with Crippen molar-refractivity contribution in [2.45, 2.75) is 0 Å². The average molecular weight is 343 g/mol. The molecule has 120 valence electrons. The van der Waals surface area contributed by atoms with E-state index in [0.29, 0.717) is 33.5 Å². The minimum Gasteiger partial charge on any atom is -0.454 e. The van der Waals surface area contributed by atoms with Crippen LogP contribution >= 0.6 is 11.6 Å². The second-order valence-electron chi connectivity index (χ2n) is 5.00. The molecule has 2 heterocycles. The van der Waals surface area contributed by atoms with Crippen molar-refractivity contribution in [3.05, 3.63) is 59.6 Å². The average Bonchev–Trinajstić information content (AvgIpc) is 3.27. The van der Waals surface area contributed by atoms with Gasteiger partial charge in [0, 0.05) is 5.56 Å². The minimum atomic E-state index is -0.317. The molecule has 2 aromatic carbocycles. The Labute approximate surface area is 141 Å². The number of para-hydroxylation sites is 2. The summed E-state index contributed by atoms with van der Waals surface area (Å²) < 4.78 is 12.1. The lowest BCUT2D eigenvalue weighted by molar-refractivity contribution is 0.102. The predicted molar refractivity (Wildman–Crippen MR) is 86.9 cm³/mol. The first-order valence-corrected chi connectivity index (χ1v) is 7.45. The molecular weight excluding hydrogens is 332 g/mol. The van der Waals surface area contributed by atoms with E-state index in [2.05, 4.69) is 15.4 Å². The summed E-state index contributed by atoms with van der Waals surface area (Å²) in [5, 5.41) is 7.27. The van der Waals surface area contributed by atoms with Crippen LogP contribution in [0.5, 0.6) is 11.5 Å². The van der Waals surface area contributed by atoms with E-state index in [0.717, 1.165) is 0 Å². The Morgan fingerprint density at radius 2 is 2.12 bits per heavy atom. The number of ether oxygens (including phenoxy) is 2. The van der Waals surface area contributed by atoms with Crippen LogP contribution in [0, 0.1) is 0 Å². The number of nitrogens with one attached hydrogen (secondary N) is 1. The van der Waals surface area contributed by atoms with Gasteiger partial charge in [0.25, 0.3) is 5.91 Å². The van der Waals surface area contributed by atoms with Crippen LogP contribution in [-0.4, -0.2) is 27.5 Å². The molecule has 1 amide bonds. The van der Waals surface area contributed by atoms with Crippen LogP contribution < -0.4 is 14.8 Å². The predicted octanol–water partition coefficient (Wildman–Crippen LogP) is 2.90. The highest BCUT2D eigenvalue weighted by molar-refractivity contribution is 6.32. The topological polar surface area (TPSA) is 78.3 Å². The number of hydrogen-bond acceptors (Lipinski definition) is 5. The maximum Gasteiger partial charge on any atom is 0.255 e. The summed E-state index contributed by atoms with van der Waals surface area (Å²) in [7, 11) is 0. The molecule has 0 bridgehead atoms. The molecule has 7 nitrogen and oxygen atoms in total. The molecule has 0 fully saturated rings. The second kappa shape index (κ2) is 5.86. The van der Waals surface area contributed by atoms with Gasteiger partial charge in [0.15, 0.2) is 11.5 Å². The van der Waals surface area contributed by atoms with E-state index in [1.165, 1.54) is 6.33 Å². The van der Waals surface area contributed by atoms with Crippen molar-refractivity contribution in [3.8, 4) is 17.2 Å². The van der Waals surface area contributed by atoms with Crippen LogP contribution in [0.4, 0.5) is 5.69 Å². The maximum absolute atomic E-state index is 12.6. The first-order valence-electron chi connectivity index (χ1n) is 7.07. The lowest BCUT2D eigenvalue weighted by Crippen LogP contribution is -2.14. The molecule has 4 rings (SSSR count). The number of halogens is 1. The second-order valence-corrected chi connectivity index (χ2v) is 5.41. The Morgan fingerprint density at radius 1 is 1.25 bits per heavy atom. The van der Waals surface area contributed by atoms with Crippen molar-refractivity contribution in [3.63, 3.8) is 0 Å². The summed E-state index contributed by atoms with van der Waals surface area (Å²) in [6, 6.07) is 10.4. The number of nitrogens with zero attached hydrogens (tertiary/aromatic N) is 3. The lowest BCUT2D eigenvalue weighted by atomic mass is 10.1. The van der Waals surface area contributed by atoms with Crippen LogP contribution in [0.2, 0.25) is 5.02 Å². The smallest absolute Gasteiger partial charge is 0.255 e. The molecule has 24 heavy (non-hydrogen) atoms. The molecule has 3 aromatic rings. The molecule has 1 aliphatic rings. The van der Waals surface area contributed by atoms with E-state index in [1.54, 1.807) is 29.2 Å². The molecule has 1 N–H and O–H groups in total. The summed E-state index contributed by atoms with van der Waals surface area (Å²) in [5.74, 6) is 0.594. The number of aromatic nitrogens is 3. The van der Waals surface area contributed by atoms with Crippen LogP contribution in [0.1, 0.15) is 10.4 Å². The zero-order valence-electron chi connectivity index (χ0n) is 12.3. The van der Waals surface area contributed by atoms with Crippen molar-refractivity contribution in [1.29, 1.82) is 0 Å². The van der Waals surface area contributed by atoms with Gasteiger partial charge in [-0.25, -0.2) is 9.67 Å². The fourth-order valence-corrected chi connectivity index (χ4v) is 2.67. The zero-order chi connectivity index (χ0) is 16.5. The first-order chi connectivity index (χ1) is 11.7. The summed E-state index contributed by atoms with van der Waals surface area (Å²) >= 11 is 6.13. The Morgan fingerprint density at radius 3 is 2.96 bits per heavy atom. The third kappa shape index (κ3) is 2.55. The van der Waals surface area contributed by atoms with E-state index in [1.807, 2.05) is 18.2 Å². The molecule has 1 aliphatic heterocycles. The number of hydrogen-bond donors (Lipinski definition) is 1. The van der Waals surface area contributed by atoms with Gasteiger partial charge in [-0.2, -0.15) is 5.10 Å². The standard InChI is InChI=1S/C16H11ClN4O3/c17-11-5-10(6-14-15(11)24-9-23-14)16(22)20-12-3-1-2-4-13(12)21-8-18-7-19-21/h1-8H,9H2,(H,20,22). The summed E-state index contributed by atoms with van der Waals surface area (Å²) in [6.45, 7) is 0.0925. The fourth-order valence-electron chi connectivity index (χ4n) is 2.40. The minimum absolute atomic E-state index is 0.0925. The van der Waals surface area contributed by atoms with E-state index in [4.69, 9.17) is 21.1 Å². The molecule has 0 atom stereocenters. The van der Waals surface area contributed by atoms with Gasteiger partial charge in [0.1, 0.15) is 12.7 Å². The maximum atomic E-state index is 12.6. The fraction of sp³-hybridized carbons (Fsp3) is 0.0625. The highest BCUT2D eigenvalue weighted by Crippen LogP contribution is 2.40. The Balaban J connectivity index is 1.65. The number of anilines is 1. The van der Waals surface area contributed by atoms with Crippen LogP contribution in [0.3, 0.4) is 0 Å². The SMILES string of the molecule is O=C(Nc1ccccc1-n1cncn1)c1cc(Cl)c2c(c1)OCO2. The van der Waals surface area contributed by atoms with Gasteiger partial charge in [-0.05, 0) is 24.3 Å². The number of amides is 1. The quantitative estimate of drug-likeness (QED) is 0.791. The van der Waals surface area contributed by atoms with E-state index >= 15 is 0 Å². The van der Waals surface area contributed by atoms with Crippen LogP contribution in [-0.2, 0) is 0 Å². The van der Waals surface area contributed by atoms with Crippen molar-refractivity contribution in [2.24, 2.45) is 0 Å². The van der Waals surface area contributed by atoms with Crippen molar-refractivity contribution in [1.82, 2.24) is 14.8 Å². The largest absolute Gasteiger partial charge is 0.454 e. The Hall–Kier alpha value is -3.06. The van der Waals surface area contributed by atoms with Gasteiger partial charge < -0.3 is 14.8 Å². The molecule has 0 radical (unpaired) electrons. The number of fused-ring (bicyclic) bond motifs is 1. The lowest BCUT2D eigenvalue weighted by Gasteiger charge is -2.11. The van der Waals surface area contributed by atoms with Crippen molar-refractivity contribution >= 4 is 23.2 Å². The van der Waals surface area contributed by atoms with Crippen LogP contribution in [0.15, 0.2) is 49.1 Å². The van der Waals surface area contributed by atoms with Gasteiger partial charge in [-0.3, -0.25) is 4.79 Å².